The van der Waals surface area contributed by atoms with Gasteiger partial charge in [0.2, 0.25) is 0 Å². The highest BCUT2D eigenvalue weighted by atomic mass is 32.2. The molecule has 0 saturated heterocycles. The van der Waals surface area contributed by atoms with Gasteiger partial charge >= 0.3 is 0 Å². The van der Waals surface area contributed by atoms with Crippen LogP contribution in [0, 0.1) is 25.2 Å². The summed E-state index contributed by atoms with van der Waals surface area (Å²) in [6.45, 7) is 3.87. The number of nitrogens with zero attached hydrogens (tertiary/aromatic N) is 1. The number of rotatable bonds is 0. The zero-order chi connectivity index (χ0) is 16.3. The van der Waals surface area contributed by atoms with E-state index in [-0.39, 0.29) is 11.1 Å². The minimum absolute atomic E-state index is 0.336. The maximum absolute atomic E-state index is 12.5. The number of aryl methyl sites for hydroxylation is 2. The standard InChI is InChI=1S/C17H10N2O2S2/c1-7-5-9-6-10-15(23-11(22-10)3-4-18)14-13(9)12(8(7)2)16(20)19-17(14)21/h3,5-6H,1-2H3,(H,19,20,21)/b11-3-. The molecule has 2 heterocycles. The molecule has 23 heavy (non-hydrogen) atoms. The van der Waals surface area contributed by atoms with E-state index < -0.39 is 0 Å². The second-order valence-corrected chi connectivity index (χ2v) is 7.84. The molecule has 0 aliphatic rings. The van der Waals surface area contributed by atoms with Crippen LogP contribution in [0.4, 0.5) is 0 Å². The highest BCUT2D eigenvalue weighted by molar-refractivity contribution is 7.36. The lowest BCUT2D eigenvalue weighted by Crippen LogP contribution is -2.20. The average molecular weight is 338 g/mol. The fraction of sp³-hybridized carbons (Fsp3) is 0.118. The summed E-state index contributed by atoms with van der Waals surface area (Å²) in [5, 5.41) is 11.6. The number of nitrogens with one attached hydrogen (secondary N) is 1. The van der Waals surface area contributed by atoms with Gasteiger partial charge < -0.3 is 0 Å². The van der Waals surface area contributed by atoms with Crippen LogP contribution < -0.4 is 15.0 Å². The van der Waals surface area contributed by atoms with E-state index in [2.05, 4.69) is 4.98 Å². The third-order valence-corrected chi connectivity index (χ3v) is 6.58. The second kappa shape index (κ2) is 4.75. The number of H-pyrrole nitrogens is 1. The zero-order valence-electron chi connectivity index (χ0n) is 12.3. The molecule has 0 aliphatic carbocycles. The van der Waals surface area contributed by atoms with Gasteiger partial charge in [-0.05, 0) is 36.4 Å². The Bertz CT molecular complexity index is 1330. The molecule has 0 amide bonds. The van der Waals surface area contributed by atoms with E-state index in [0.717, 1.165) is 35.1 Å². The lowest BCUT2D eigenvalue weighted by atomic mass is 9.96. The Labute approximate surface area is 137 Å². The van der Waals surface area contributed by atoms with Gasteiger partial charge in [-0.1, -0.05) is 6.07 Å². The van der Waals surface area contributed by atoms with Gasteiger partial charge in [0, 0.05) is 16.2 Å². The van der Waals surface area contributed by atoms with E-state index in [1.54, 1.807) is 0 Å². The molecule has 0 radical (unpaired) electrons. The summed E-state index contributed by atoms with van der Waals surface area (Å²) in [6, 6.07) is 6.05. The SMILES string of the molecule is Cc1cc2cc3s/c(=C/C#N)sc3c3c(=O)[nH]c(=O)c(c1C)c23. The molecule has 0 aliphatic heterocycles. The monoisotopic (exact) mass is 338 g/mol. The highest BCUT2D eigenvalue weighted by Crippen LogP contribution is 2.35. The van der Waals surface area contributed by atoms with Gasteiger partial charge in [-0.3, -0.25) is 14.6 Å². The molecule has 4 nitrogen and oxygen atoms in total. The summed E-state index contributed by atoms with van der Waals surface area (Å²) in [7, 11) is 0. The summed E-state index contributed by atoms with van der Waals surface area (Å²) in [4.78, 5) is 27.2. The van der Waals surface area contributed by atoms with Gasteiger partial charge in [0.05, 0.1) is 25.4 Å². The minimum atomic E-state index is -0.362. The molecule has 1 N–H and O–H groups in total. The van der Waals surface area contributed by atoms with Crippen LogP contribution in [-0.4, -0.2) is 4.98 Å². The van der Waals surface area contributed by atoms with Gasteiger partial charge in [0.15, 0.2) is 0 Å². The molecule has 0 spiro atoms. The smallest absolute Gasteiger partial charge is 0.260 e. The lowest BCUT2D eigenvalue weighted by Gasteiger charge is -2.10. The van der Waals surface area contributed by atoms with E-state index in [9.17, 15) is 9.59 Å². The summed E-state index contributed by atoms with van der Waals surface area (Å²) in [5.41, 5.74) is 1.22. The minimum Gasteiger partial charge on any atom is -0.288 e. The fourth-order valence-electron chi connectivity index (χ4n) is 3.02. The summed E-state index contributed by atoms with van der Waals surface area (Å²) in [5.74, 6) is 0. The molecular weight excluding hydrogens is 328 g/mol. The molecule has 4 rings (SSSR count). The number of pyridine rings is 1. The first-order chi connectivity index (χ1) is 11.0. The van der Waals surface area contributed by atoms with Crippen LogP contribution in [0.15, 0.2) is 21.7 Å². The van der Waals surface area contributed by atoms with E-state index in [0.29, 0.717) is 10.8 Å². The zero-order valence-corrected chi connectivity index (χ0v) is 13.9. The van der Waals surface area contributed by atoms with E-state index in [4.69, 9.17) is 5.26 Å². The van der Waals surface area contributed by atoms with Gasteiger partial charge in [0.25, 0.3) is 11.1 Å². The van der Waals surface area contributed by atoms with Gasteiger partial charge in [-0.15, -0.1) is 22.7 Å². The van der Waals surface area contributed by atoms with Crippen molar-refractivity contribution in [1.29, 1.82) is 5.26 Å². The Balaban J connectivity index is 2.46. The average Bonchev–Trinajstić information content (AvgIpc) is 2.88. The first kappa shape index (κ1) is 14.1. The first-order valence-electron chi connectivity index (χ1n) is 6.93. The van der Waals surface area contributed by atoms with Crippen LogP contribution in [0.2, 0.25) is 0 Å². The Kier molecular flexibility index (Phi) is 2.92. The van der Waals surface area contributed by atoms with Crippen molar-refractivity contribution in [3.63, 3.8) is 0 Å². The molecule has 0 unspecified atom stereocenters. The number of fused-ring (bicyclic) bond motifs is 2. The molecule has 6 heteroatoms. The highest BCUT2D eigenvalue weighted by Gasteiger charge is 2.17. The Hall–Kier alpha value is -2.49. The maximum Gasteiger partial charge on any atom is 0.260 e. The van der Waals surface area contributed by atoms with Crippen LogP contribution in [0.25, 0.3) is 37.0 Å². The number of hydrogen-bond acceptors (Lipinski definition) is 5. The number of nitriles is 1. The van der Waals surface area contributed by atoms with E-state index in [1.165, 1.54) is 28.7 Å². The lowest BCUT2D eigenvalue weighted by molar-refractivity contribution is 1.21. The predicted molar refractivity (Wildman–Crippen MR) is 96.4 cm³/mol. The van der Waals surface area contributed by atoms with E-state index in [1.807, 2.05) is 32.0 Å². The Morgan fingerprint density at radius 3 is 2.57 bits per heavy atom. The summed E-state index contributed by atoms with van der Waals surface area (Å²) in [6.07, 6.45) is 1.48. The van der Waals surface area contributed by atoms with Gasteiger partial charge in [0.1, 0.15) is 0 Å². The predicted octanol–water partition coefficient (Wildman–Crippen LogP) is 2.96. The van der Waals surface area contributed by atoms with Crippen molar-refractivity contribution < 1.29 is 0 Å². The van der Waals surface area contributed by atoms with Crippen molar-refractivity contribution in [2.45, 2.75) is 13.8 Å². The molecule has 0 bridgehead atoms. The fourth-order valence-corrected chi connectivity index (χ4v) is 5.43. The maximum atomic E-state index is 12.5. The van der Waals surface area contributed by atoms with Crippen LogP contribution in [0.1, 0.15) is 11.1 Å². The topological polar surface area (TPSA) is 73.7 Å². The van der Waals surface area contributed by atoms with Crippen molar-refractivity contribution >= 4 is 59.7 Å². The first-order valence-corrected chi connectivity index (χ1v) is 8.56. The quantitative estimate of drug-likeness (QED) is 0.536. The van der Waals surface area contributed by atoms with Crippen molar-refractivity contribution in [3.8, 4) is 6.07 Å². The van der Waals surface area contributed by atoms with Crippen molar-refractivity contribution in [1.82, 2.24) is 4.98 Å². The van der Waals surface area contributed by atoms with Gasteiger partial charge in [-0.2, -0.15) is 5.26 Å². The van der Waals surface area contributed by atoms with Crippen molar-refractivity contribution in [2.75, 3.05) is 0 Å². The molecule has 112 valence electrons. The molecule has 0 fully saturated rings. The Morgan fingerprint density at radius 1 is 1.09 bits per heavy atom. The largest absolute Gasteiger partial charge is 0.288 e. The third kappa shape index (κ3) is 1.87. The third-order valence-electron chi connectivity index (χ3n) is 4.14. The number of benzene rings is 2. The van der Waals surface area contributed by atoms with Crippen LogP contribution in [0.5, 0.6) is 0 Å². The van der Waals surface area contributed by atoms with Crippen LogP contribution >= 0.6 is 22.7 Å². The van der Waals surface area contributed by atoms with E-state index >= 15 is 0 Å². The molecule has 0 atom stereocenters. The molecule has 4 aromatic rings. The number of hydrogen-bond donors (Lipinski definition) is 1. The summed E-state index contributed by atoms with van der Waals surface area (Å²) >= 11 is 2.90. The summed E-state index contributed by atoms with van der Waals surface area (Å²) < 4.78 is 2.63. The van der Waals surface area contributed by atoms with Crippen LogP contribution in [-0.2, 0) is 0 Å². The normalized spacial score (nSPS) is 12.5. The second-order valence-electron chi connectivity index (χ2n) is 5.45. The molecule has 2 aromatic carbocycles. The number of aromatic nitrogens is 1. The van der Waals surface area contributed by atoms with Crippen LogP contribution in [0.3, 0.4) is 0 Å². The van der Waals surface area contributed by atoms with Crippen molar-refractivity contribution in [3.05, 3.63) is 47.8 Å². The number of aromatic amines is 1. The van der Waals surface area contributed by atoms with Crippen molar-refractivity contribution in [2.24, 2.45) is 0 Å². The van der Waals surface area contributed by atoms with Gasteiger partial charge in [-0.25, -0.2) is 0 Å². The molecular formula is C17H10N2O2S2. The molecule has 0 saturated carbocycles. The molecule has 2 aromatic heterocycles. The Morgan fingerprint density at radius 2 is 1.83 bits per heavy atom.